The number of phenolic OH excluding ortho intramolecular Hbond substituents is 1. The van der Waals surface area contributed by atoms with Crippen LogP contribution in [0.4, 0.5) is 24.5 Å². The minimum Gasteiger partial charge on any atom is -0.506 e. The molecule has 2 aromatic rings. The van der Waals surface area contributed by atoms with Crippen LogP contribution in [0.25, 0.3) is 0 Å². The second-order valence-electron chi connectivity index (χ2n) is 4.54. The topological polar surface area (TPSA) is 75.7 Å². The monoisotopic (exact) mass is 422 g/mol. The number of aromatic hydroxyl groups is 1. The number of nitro benzene ring substituents is 1. The molecule has 0 unspecified atom stereocenters. The van der Waals surface area contributed by atoms with Gasteiger partial charge in [0.1, 0.15) is 5.75 Å². The van der Waals surface area contributed by atoms with E-state index in [1.807, 2.05) is 0 Å². The molecule has 2 rings (SSSR count). The third-order valence-electron chi connectivity index (χ3n) is 2.90. The molecule has 0 heterocycles. The van der Waals surface area contributed by atoms with E-state index < -0.39 is 16.7 Å². The minimum absolute atomic E-state index is 0.0387. The Bertz CT molecular complexity index is 841. The van der Waals surface area contributed by atoms with E-state index in [1.54, 1.807) is 0 Å². The van der Waals surface area contributed by atoms with Crippen molar-refractivity contribution in [1.29, 1.82) is 0 Å². The number of aliphatic imine (C=N–C) groups is 1. The van der Waals surface area contributed by atoms with E-state index in [9.17, 15) is 28.4 Å². The Hall–Kier alpha value is -2.13. The summed E-state index contributed by atoms with van der Waals surface area (Å²) in [4.78, 5) is 13.9. The standard InChI is InChI=1S/C14H7BrClF3N2O3/c15-10-5-9(21(23)24)3-7(13(10)22)6-20-12-4-8(14(17,18)19)1-2-11(12)16/h1-6,22H. The van der Waals surface area contributed by atoms with Crippen LogP contribution in [0.2, 0.25) is 5.02 Å². The van der Waals surface area contributed by atoms with Gasteiger partial charge in [-0.1, -0.05) is 11.6 Å². The number of nitro groups is 1. The zero-order valence-electron chi connectivity index (χ0n) is 11.5. The third-order valence-corrected chi connectivity index (χ3v) is 3.83. The second kappa shape index (κ2) is 6.78. The van der Waals surface area contributed by atoms with Gasteiger partial charge in [0.25, 0.3) is 5.69 Å². The van der Waals surface area contributed by atoms with Crippen molar-refractivity contribution in [2.24, 2.45) is 4.99 Å². The number of phenols is 1. The van der Waals surface area contributed by atoms with E-state index in [0.717, 1.165) is 36.5 Å². The normalized spacial score (nSPS) is 11.9. The average molecular weight is 424 g/mol. The molecule has 5 nitrogen and oxygen atoms in total. The first-order chi connectivity index (χ1) is 11.1. The molecule has 0 aliphatic heterocycles. The summed E-state index contributed by atoms with van der Waals surface area (Å²) in [7, 11) is 0. The first-order valence-corrected chi connectivity index (χ1v) is 7.34. The first-order valence-electron chi connectivity index (χ1n) is 6.17. The number of non-ortho nitro benzene ring substituents is 1. The Kier molecular flexibility index (Phi) is 5.14. The molecule has 0 spiro atoms. The molecule has 0 amide bonds. The molecular weight excluding hydrogens is 417 g/mol. The number of hydrogen-bond acceptors (Lipinski definition) is 4. The highest BCUT2D eigenvalue weighted by Crippen LogP contribution is 2.36. The van der Waals surface area contributed by atoms with Gasteiger partial charge in [-0.3, -0.25) is 15.1 Å². The maximum atomic E-state index is 12.7. The van der Waals surface area contributed by atoms with Crippen LogP contribution in [0.15, 0.2) is 39.8 Å². The summed E-state index contributed by atoms with van der Waals surface area (Å²) in [6.45, 7) is 0. The largest absolute Gasteiger partial charge is 0.506 e. The Labute approximate surface area is 146 Å². The van der Waals surface area contributed by atoms with Gasteiger partial charge in [0.15, 0.2) is 0 Å². The number of alkyl halides is 3. The quantitative estimate of drug-likeness (QED) is 0.403. The first kappa shape index (κ1) is 18.2. The fourth-order valence-electron chi connectivity index (χ4n) is 1.74. The maximum Gasteiger partial charge on any atom is 0.416 e. The lowest BCUT2D eigenvalue weighted by molar-refractivity contribution is -0.385. The highest BCUT2D eigenvalue weighted by atomic mass is 79.9. The van der Waals surface area contributed by atoms with E-state index in [2.05, 4.69) is 20.9 Å². The van der Waals surface area contributed by atoms with E-state index in [4.69, 9.17) is 11.6 Å². The molecule has 0 aromatic heterocycles. The van der Waals surface area contributed by atoms with Crippen molar-refractivity contribution in [2.45, 2.75) is 6.18 Å². The van der Waals surface area contributed by atoms with E-state index in [-0.39, 0.29) is 32.2 Å². The zero-order valence-corrected chi connectivity index (χ0v) is 13.9. The van der Waals surface area contributed by atoms with Gasteiger partial charge in [0.05, 0.1) is 25.7 Å². The van der Waals surface area contributed by atoms with Crippen molar-refractivity contribution in [2.75, 3.05) is 0 Å². The Morgan fingerprint density at radius 1 is 1.29 bits per heavy atom. The van der Waals surface area contributed by atoms with Crippen molar-refractivity contribution >= 4 is 45.1 Å². The fourth-order valence-corrected chi connectivity index (χ4v) is 2.37. The SMILES string of the molecule is O=[N+]([O-])c1cc(Br)c(O)c(C=Nc2cc(C(F)(F)F)ccc2Cl)c1. The van der Waals surface area contributed by atoms with Crippen LogP contribution in [-0.4, -0.2) is 16.2 Å². The summed E-state index contributed by atoms with van der Waals surface area (Å²) in [5.41, 5.74) is -1.50. The van der Waals surface area contributed by atoms with Gasteiger partial charge in [-0.2, -0.15) is 13.2 Å². The van der Waals surface area contributed by atoms with E-state index in [1.165, 1.54) is 0 Å². The molecule has 10 heteroatoms. The van der Waals surface area contributed by atoms with E-state index >= 15 is 0 Å². The number of halogens is 5. The van der Waals surface area contributed by atoms with Crippen molar-refractivity contribution in [3.8, 4) is 5.75 Å². The maximum absolute atomic E-state index is 12.7. The van der Waals surface area contributed by atoms with Crippen molar-refractivity contribution in [1.82, 2.24) is 0 Å². The summed E-state index contributed by atoms with van der Waals surface area (Å²) in [5, 5.41) is 20.6. The van der Waals surface area contributed by atoms with Gasteiger partial charge in [-0.25, -0.2) is 0 Å². The lowest BCUT2D eigenvalue weighted by atomic mass is 10.2. The van der Waals surface area contributed by atoms with Gasteiger partial charge in [-0.05, 0) is 34.1 Å². The Morgan fingerprint density at radius 2 is 1.96 bits per heavy atom. The van der Waals surface area contributed by atoms with Crippen molar-refractivity contribution in [3.05, 3.63) is 61.1 Å². The summed E-state index contributed by atoms with van der Waals surface area (Å²) in [5.74, 6) is -0.340. The predicted molar refractivity (Wildman–Crippen MR) is 86.2 cm³/mol. The van der Waals surface area contributed by atoms with Gasteiger partial charge in [0, 0.05) is 23.9 Å². The second-order valence-corrected chi connectivity index (χ2v) is 5.81. The molecule has 0 radical (unpaired) electrons. The van der Waals surface area contributed by atoms with Crippen LogP contribution in [0, 0.1) is 10.1 Å². The van der Waals surface area contributed by atoms with Gasteiger partial charge in [-0.15, -0.1) is 0 Å². The Morgan fingerprint density at radius 3 is 2.54 bits per heavy atom. The lowest BCUT2D eigenvalue weighted by Crippen LogP contribution is -2.04. The number of hydrogen-bond donors (Lipinski definition) is 1. The highest BCUT2D eigenvalue weighted by Gasteiger charge is 2.30. The summed E-state index contributed by atoms with van der Waals surface area (Å²) in [6.07, 6.45) is -3.57. The van der Waals surface area contributed by atoms with Crippen LogP contribution in [0.1, 0.15) is 11.1 Å². The van der Waals surface area contributed by atoms with Crippen LogP contribution in [0.3, 0.4) is 0 Å². The minimum atomic E-state index is -4.56. The van der Waals surface area contributed by atoms with Gasteiger partial charge in [0.2, 0.25) is 0 Å². The number of rotatable bonds is 3. The molecule has 0 saturated carbocycles. The molecule has 0 fully saturated rings. The molecule has 126 valence electrons. The summed E-state index contributed by atoms with van der Waals surface area (Å²) >= 11 is 8.76. The average Bonchev–Trinajstić information content (AvgIpc) is 2.48. The van der Waals surface area contributed by atoms with Crippen molar-refractivity contribution in [3.63, 3.8) is 0 Å². The summed E-state index contributed by atoms with van der Waals surface area (Å²) < 4.78 is 38.2. The van der Waals surface area contributed by atoms with Crippen LogP contribution in [-0.2, 0) is 6.18 Å². The molecule has 0 saturated heterocycles. The summed E-state index contributed by atoms with van der Waals surface area (Å²) in [6, 6.07) is 4.71. The van der Waals surface area contributed by atoms with E-state index in [0.29, 0.717) is 0 Å². The predicted octanol–water partition coefficient (Wildman–Crippen LogP) is 5.49. The van der Waals surface area contributed by atoms with Crippen LogP contribution < -0.4 is 0 Å². The molecule has 0 bridgehead atoms. The molecule has 24 heavy (non-hydrogen) atoms. The molecular formula is C14H7BrClF3N2O3. The van der Waals surface area contributed by atoms with Gasteiger partial charge >= 0.3 is 6.18 Å². The number of nitrogens with zero attached hydrogens (tertiary/aromatic N) is 2. The molecule has 1 N–H and O–H groups in total. The third kappa shape index (κ3) is 4.04. The van der Waals surface area contributed by atoms with Crippen LogP contribution in [0.5, 0.6) is 5.75 Å². The number of benzene rings is 2. The Balaban J connectivity index is 2.47. The fraction of sp³-hybridized carbons (Fsp3) is 0.0714. The lowest BCUT2D eigenvalue weighted by Gasteiger charge is -2.08. The highest BCUT2D eigenvalue weighted by molar-refractivity contribution is 9.10. The molecule has 2 aromatic carbocycles. The van der Waals surface area contributed by atoms with Crippen molar-refractivity contribution < 1.29 is 23.2 Å². The molecule has 0 atom stereocenters. The zero-order chi connectivity index (χ0) is 18.1. The van der Waals surface area contributed by atoms with Crippen LogP contribution >= 0.6 is 27.5 Å². The smallest absolute Gasteiger partial charge is 0.416 e. The molecule has 0 aliphatic carbocycles. The molecule has 0 aliphatic rings. The van der Waals surface area contributed by atoms with Gasteiger partial charge < -0.3 is 5.11 Å².